The van der Waals surface area contributed by atoms with Crippen LogP contribution in [0.15, 0.2) is 0 Å². The largest absolute Gasteiger partial charge is 0.466 e. The molecule has 0 aromatic rings. The molecular weight excluding hydrogens is 270 g/mol. The van der Waals surface area contributed by atoms with Gasteiger partial charge in [-0.1, -0.05) is 26.2 Å². The number of β-lactam (4-membered cyclic amide) rings is 1. The van der Waals surface area contributed by atoms with E-state index < -0.39 is 0 Å². The van der Waals surface area contributed by atoms with Gasteiger partial charge in [0.2, 0.25) is 5.91 Å². The van der Waals surface area contributed by atoms with Crippen LogP contribution < -0.4 is 5.32 Å². The molecule has 1 amide bonds. The molecule has 1 aliphatic heterocycles. The molecule has 122 valence electrons. The molecular formula is C16H29NO4. The van der Waals surface area contributed by atoms with E-state index in [1.807, 2.05) is 6.92 Å². The minimum atomic E-state index is -0.0832. The molecule has 2 aliphatic rings. The number of carbonyl (C=O) groups is 2. The van der Waals surface area contributed by atoms with Gasteiger partial charge in [-0.3, -0.25) is 9.59 Å². The van der Waals surface area contributed by atoms with E-state index in [2.05, 4.69) is 5.32 Å². The number of carbonyl (C=O) groups excluding carboxylic acids is 2. The Hall–Kier alpha value is -1.10. The van der Waals surface area contributed by atoms with Crippen molar-refractivity contribution in [2.75, 3.05) is 19.8 Å². The van der Waals surface area contributed by atoms with Gasteiger partial charge in [0.05, 0.1) is 19.3 Å². The van der Waals surface area contributed by atoms with E-state index in [0.717, 1.165) is 32.4 Å². The van der Waals surface area contributed by atoms with E-state index in [4.69, 9.17) is 9.47 Å². The zero-order valence-corrected chi connectivity index (χ0v) is 13.2. The van der Waals surface area contributed by atoms with Crippen LogP contribution in [0.25, 0.3) is 0 Å². The molecule has 5 heteroatoms. The van der Waals surface area contributed by atoms with Gasteiger partial charge in [-0.2, -0.15) is 0 Å². The SMILES string of the molecule is CCCC(=O)OCCCOC1CCCCC1.O=C1CCN1. The molecule has 0 aromatic heterocycles. The molecule has 2 fully saturated rings. The van der Waals surface area contributed by atoms with Crippen molar-refractivity contribution in [1.82, 2.24) is 5.32 Å². The molecule has 1 N–H and O–H groups in total. The van der Waals surface area contributed by atoms with Gasteiger partial charge < -0.3 is 14.8 Å². The van der Waals surface area contributed by atoms with Crippen molar-refractivity contribution < 1.29 is 19.1 Å². The second kappa shape index (κ2) is 11.5. The number of ether oxygens (including phenoxy) is 2. The van der Waals surface area contributed by atoms with Crippen molar-refractivity contribution in [3.63, 3.8) is 0 Å². The first-order valence-corrected chi connectivity index (χ1v) is 8.26. The molecule has 5 nitrogen and oxygen atoms in total. The van der Waals surface area contributed by atoms with Gasteiger partial charge in [-0.15, -0.1) is 0 Å². The summed E-state index contributed by atoms with van der Waals surface area (Å²) in [5, 5.41) is 2.57. The maximum absolute atomic E-state index is 11.0. The zero-order valence-electron chi connectivity index (χ0n) is 13.2. The summed E-state index contributed by atoms with van der Waals surface area (Å²) in [6.45, 7) is 4.10. The summed E-state index contributed by atoms with van der Waals surface area (Å²) < 4.78 is 10.8. The number of hydrogen-bond acceptors (Lipinski definition) is 4. The molecule has 21 heavy (non-hydrogen) atoms. The van der Waals surface area contributed by atoms with E-state index >= 15 is 0 Å². The minimum absolute atomic E-state index is 0.0832. The second-order valence-corrected chi connectivity index (χ2v) is 5.55. The number of amides is 1. The third-order valence-electron chi connectivity index (χ3n) is 3.59. The maximum atomic E-state index is 11.0. The molecule has 1 saturated heterocycles. The van der Waals surface area contributed by atoms with Crippen LogP contribution in [0.2, 0.25) is 0 Å². The highest BCUT2D eigenvalue weighted by atomic mass is 16.5. The fourth-order valence-electron chi connectivity index (χ4n) is 2.23. The van der Waals surface area contributed by atoms with Gasteiger partial charge in [-0.25, -0.2) is 0 Å². The summed E-state index contributed by atoms with van der Waals surface area (Å²) >= 11 is 0. The first kappa shape index (κ1) is 18.0. The van der Waals surface area contributed by atoms with Crippen LogP contribution in [0.5, 0.6) is 0 Å². The summed E-state index contributed by atoms with van der Waals surface area (Å²) in [7, 11) is 0. The van der Waals surface area contributed by atoms with E-state index in [0.29, 0.717) is 19.1 Å². The summed E-state index contributed by atoms with van der Waals surface area (Å²) in [4.78, 5) is 20.8. The van der Waals surface area contributed by atoms with Crippen LogP contribution in [-0.4, -0.2) is 37.7 Å². The van der Waals surface area contributed by atoms with Crippen molar-refractivity contribution >= 4 is 11.9 Å². The number of rotatable bonds is 7. The normalized spacial score (nSPS) is 18.0. The highest BCUT2D eigenvalue weighted by molar-refractivity contribution is 5.81. The number of esters is 1. The zero-order chi connectivity index (χ0) is 15.3. The molecule has 0 bridgehead atoms. The molecule has 2 rings (SSSR count). The molecule has 0 atom stereocenters. The Labute approximate surface area is 127 Å². The Balaban J connectivity index is 0.000000369. The summed E-state index contributed by atoms with van der Waals surface area (Å²) in [5.74, 6) is 0.102. The van der Waals surface area contributed by atoms with Gasteiger partial charge in [-0.05, 0) is 19.3 Å². The highest BCUT2D eigenvalue weighted by Gasteiger charge is 2.13. The summed E-state index contributed by atoms with van der Waals surface area (Å²) in [6.07, 6.45) is 9.78. The monoisotopic (exact) mass is 299 g/mol. The van der Waals surface area contributed by atoms with Crippen LogP contribution in [0.1, 0.15) is 64.7 Å². The first-order chi connectivity index (χ1) is 10.2. The quantitative estimate of drug-likeness (QED) is 0.446. The topological polar surface area (TPSA) is 64.6 Å². The minimum Gasteiger partial charge on any atom is -0.466 e. The lowest BCUT2D eigenvalue weighted by Crippen LogP contribution is -2.37. The lowest BCUT2D eigenvalue weighted by atomic mass is 9.98. The van der Waals surface area contributed by atoms with Crippen molar-refractivity contribution in [3.05, 3.63) is 0 Å². The van der Waals surface area contributed by atoms with Gasteiger partial charge >= 0.3 is 5.97 Å². The molecule has 0 unspecified atom stereocenters. The standard InChI is InChI=1S/C13H24O3.C3H5NO/c1-2-7-13(14)16-11-6-10-15-12-8-4-3-5-9-12;5-3-1-2-4-3/h12H,2-11H2,1H3;1-2H2,(H,4,5). The fourth-order valence-corrected chi connectivity index (χ4v) is 2.23. The Bertz CT molecular complexity index is 295. The lowest BCUT2D eigenvalue weighted by Gasteiger charge is -2.21. The summed E-state index contributed by atoms with van der Waals surface area (Å²) in [5.41, 5.74) is 0. The van der Waals surface area contributed by atoms with Crippen molar-refractivity contribution in [2.24, 2.45) is 0 Å². The van der Waals surface area contributed by atoms with Crippen LogP contribution in [0.3, 0.4) is 0 Å². The molecule has 0 radical (unpaired) electrons. The Morgan fingerprint density at radius 3 is 2.43 bits per heavy atom. The molecule has 0 aromatic carbocycles. The lowest BCUT2D eigenvalue weighted by molar-refractivity contribution is -0.144. The first-order valence-electron chi connectivity index (χ1n) is 8.26. The van der Waals surface area contributed by atoms with Crippen LogP contribution >= 0.6 is 0 Å². The number of hydrogen-bond donors (Lipinski definition) is 1. The maximum Gasteiger partial charge on any atom is 0.305 e. The van der Waals surface area contributed by atoms with Crippen molar-refractivity contribution in [3.8, 4) is 0 Å². The smallest absolute Gasteiger partial charge is 0.305 e. The van der Waals surface area contributed by atoms with E-state index in [1.165, 1.54) is 32.1 Å². The summed E-state index contributed by atoms with van der Waals surface area (Å²) in [6, 6.07) is 0. The predicted octanol–water partition coefficient (Wildman–Crippen LogP) is 2.58. The van der Waals surface area contributed by atoms with Crippen molar-refractivity contribution in [1.29, 1.82) is 0 Å². The van der Waals surface area contributed by atoms with Crippen LogP contribution in [0, 0.1) is 0 Å². The van der Waals surface area contributed by atoms with E-state index in [9.17, 15) is 9.59 Å². The number of nitrogens with one attached hydrogen (secondary N) is 1. The van der Waals surface area contributed by atoms with Gasteiger partial charge in [0.1, 0.15) is 0 Å². The van der Waals surface area contributed by atoms with Gasteiger partial charge in [0.15, 0.2) is 0 Å². The van der Waals surface area contributed by atoms with Crippen LogP contribution in [-0.2, 0) is 19.1 Å². The highest BCUT2D eigenvalue weighted by Crippen LogP contribution is 2.20. The Kier molecular flexibility index (Phi) is 9.87. The molecule has 1 heterocycles. The van der Waals surface area contributed by atoms with E-state index in [1.54, 1.807) is 0 Å². The second-order valence-electron chi connectivity index (χ2n) is 5.55. The average Bonchev–Trinajstić information content (AvgIpc) is 2.47. The van der Waals surface area contributed by atoms with E-state index in [-0.39, 0.29) is 11.9 Å². The Morgan fingerprint density at radius 2 is 1.90 bits per heavy atom. The van der Waals surface area contributed by atoms with Crippen molar-refractivity contribution in [2.45, 2.75) is 70.8 Å². The van der Waals surface area contributed by atoms with Crippen LogP contribution in [0.4, 0.5) is 0 Å². The molecule has 0 spiro atoms. The van der Waals surface area contributed by atoms with Gasteiger partial charge in [0.25, 0.3) is 0 Å². The fraction of sp³-hybridized carbons (Fsp3) is 0.875. The van der Waals surface area contributed by atoms with Gasteiger partial charge in [0, 0.05) is 25.8 Å². The molecule has 1 aliphatic carbocycles. The molecule has 1 saturated carbocycles. The third-order valence-corrected chi connectivity index (χ3v) is 3.59. The predicted molar refractivity (Wildman–Crippen MR) is 80.9 cm³/mol. The Morgan fingerprint density at radius 1 is 1.24 bits per heavy atom. The average molecular weight is 299 g/mol. The third kappa shape index (κ3) is 9.45.